The number of nitrogens with zero attached hydrogens (tertiary/aromatic N) is 1. The molecule has 2 rings (SSSR count). The van der Waals surface area contributed by atoms with Gasteiger partial charge >= 0.3 is 17.9 Å². The molecule has 0 spiro atoms. The highest BCUT2D eigenvalue weighted by Crippen LogP contribution is 2.29. The first kappa shape index (κ1) is 18.5. The second kappa shape index (κ2) is 8.29. The van der Waals surface area contributed by atoms with Crippen molar-refractivity contribution in [3.8, 4) is 0 Å². The lowest BCUT2D eigenvalue weighted by Gasteiger charge is -2.32. The summed E-state index contributed by atoms with van der Waals surface area (Å²) < 4.78 is 20.0. The van der Waals surface area contributed by atoms with Gasteiger partial charge < -0.3 is 23.8 Å². The summed E-state index contributed by atoms with van der Waals surface area (Å²) in [6.07, 6.45) is 0. The number of esters is 3. The Kier molecular flexibility index (Phi) is 6.13. The first-order valence-corrected chi connectivity index (χ1v) is 7.56. The number of hydrogen-bond acceptors (Lipinski definition) is 8. The first-order chi connectivity index (χ1) is 12.0. The van der Waals surface area contributed by atoms with Gasteiger partial charge in [-0.25, -0.2) is 14.4 Å². The van der Waals surface area contributed by atoms with E-state index in [1.807, 2.05) is 0 Å². The zero-order chi connectivity index (χ0) is 18.4. The number of rotatable bonds is 5. The second-order valence-electron chi connectivity index (χ2n) is 4.95. The Morgan fingerprint density at radius 2 is 1.76 bits per heavy atom. The van der Waals surface area contributed by atoms with E-state index in [0.717, 1.165) is 0 Å². The quantitative estimate of drug-likeness (QED) is 0.579. The monoisotopic (exact) mass is 349 g/mol. The third-order valence-electron chi connectivity index (χ3n) is 3.52. The van der Waals surface area contributed by atoms with E-state index in [9.17, 15) is 14.4 Å². The van der Waals surface area contributed by atoms with E-state index in [1.54, 1.807) is 31.2 Å². The molecule has 0 unspecified atom stereocenters. The Bertz CT molecular complexity index is 711. The maximum Gasteiger partial charge on any atom is 0.355 e. The topological polar surface area (TPSA) is 91.4 Å². The van der Waals surface area contributed by atoms with Gasteiger partial charge in [-0.1, -0.05) is 12.1 Å². The fourth-order valence-corrected chi connectivity index (χ4v) is 2.42. The number of methoxy groups -OCH3 is 2. The molecule has 25 heavy (non-hydrogen) atoms. The van der Waals surface area contributed by atoms with Gasteiger partial charge in [-0.3, -0.25) is 0 Å². The van der Waals surface area contributed by atoms with Crippen molar-refractivity contribution in [2.75, 3.05) is 39.1 Å². The molecule has 1 aromatic carbocycles. The van der Waals surface area contributed by atoms with E-state index >= 15 is 0 Å². The number of anilines is 1. The predicted molar refractivity (Wildman–Crippen MR) is 86.8 cm³/mol. The average Bonchev–Trinajstić information content (AvgIpc) is 2.66. The number of hydrogen-bond donors (Lipinski definition) is 0. The minimum Gasteiger partial charge on any atom is -0.466 e. The van der Waals surface area contributed by atoms with Gasteiger partial charge in [0.2, 0.25) is 0 Å². The van der Waals surface area contributed by atoms with Crippen molar-refractivity contribution in [1.29, 1.82) is 0 Å². The molecule has 1 heterocycles. The Balaban J connectivity index is 2.59. The molecule has 0 bridgehead atoms. The van der Waals surface area contributed by atoms with Crippen LogP contribution in [0, 0.1) is 0 Å². The number of benzene rings is 1. The van der Waals surface area contributed by atoms with Gasteiger partial charge in [0.25, 0.3) is 0 Å². The van der Waals surface area contributed by atoms with Crippen LogP contribution in [0.4, 0.5) is 5.69 Å². The Hall–Kier alpha value is -2.87. The predicted octanol–water partition coefficient (Wildman–Crippen LogP) is 1.26. The van der Waals surface area contributed by atoms with Crippen molar-refractivity contribution in [2.45, 2.75) is 6.92 Å². The summed E-state index contributed by atoms with van der Waals surface area (Å²) in [5.74, 6) is -1.99. The zero-order valence-electron chi connectivity index (χ0n) is 14.2. The summed E-state index contributed by atoms with van der Waals surface area (Å²) >= 11 is 0. The third-order valence-corrected chi connectivity index (χ3v) is 3.52. The molecular weight excluding hydrogens is 330 g/mol. The number of carbonyl (C=O) groups is 3. The van der Waals surface area contributed by atoms with Gasteiger partial charge in [-0.15, -0.1) is 0 Å². The van der Waals surface area contributed by atoms with E-state index < -0.39 is 17.9 Å². The zero-order valence-corrected chi connectivity index (χ0v) is 14.2. The molecule has 0 radical (unpaired) electrons. The van der Waals surface area contributed by atoms with Crippen molar-refractivity contribution in [3.63, 3.8) is 0 Å². The standard InChI is InChI=1S/C17H19NO7/c1-4-25-16(20)11-7-5-6-8-13(11)18-10-24-9-12(15(19)22-2)14(18)17(21)23-3/h5-8H,4,9-10H2,1-3H3. The molecule has 0 saturated heterocycles. The van der Waals surface area contributed by atoms with Crippen molar-refractivity contribution in [1.82, 2.24) is 0 Å². The molecule has 1 aliphatic heterocycles. The smallest absolute Gasteiger partial charge is 0.355 e. The highest BCUT2D eigenvalue weighted by atomic mass is 16.5. The number of carbonyl (C=O) groups excluding carboxylic acids is 3. The van der Waals surface area contributed by atoms with Crippen molar-refractivity contribution in [2.24, 2.45) is 0 Å². The minimum absolute atomic E-state index is 0.0132. The molecule has 1 aromatic rings. The van der Waals surface area contributed by atoms with Crippen molar-refractivity contribution in [3.05, 3.63) is 41.1 Å². The summed E-state index contributed by atoms with van der Waals surface area (Å²) in [5.41, 5.74) is 0.583. The normalized spacial score (nSPS) is 14.1. The van der Waals surface area contributed by atoms with Crippen LogP contribution >= 0.6 is 0 Å². The highest BCUT2D eigenvalue weighted by molar-refractivity contribution is 6.05. The Morgan fingerprint density at radius 3 is 2.40 bits per heavy atom. The van der Waals surface area contributed by atoms with Crippen LogP contribution in [0.5, 0.6) is 0 Å². The van der Waals surface area contributed by atoms with Crippen LogP contribution < -0.4 is 4.90 Å². The molecule has 0 saturated carbocycles. The molecule has 0 aliphatic carbocycles. The molecule has 8 nitrogen and oxygen atoms in total. The van der Waals surface area contributed by atoms with E-state index in [2.05, 4.69) is 0 Å². The van der Waals surface area contributed by atoms with Gasteiger partial charge in [-0.2, -0.15) is 0 Å². The SMILES string of the molecule is CCOC(=O)c1ccccc1N1COCC(C(=O)OC)=C1C(=O)OC. The molecule has 0 fully saturated rings. The molecule has 0 N–H and O–H groups in total. The highest BCUT2D eigenvalue weighted by Gasteiger charge is 2.34. The summed E-state index contributed by atoms with van der Waals surface area (Å²) in [6.45, 7) is 1.76. The van der Waals surface area contributed by atoms with Crippen LogP contribution in [-0.4, -0.2) is 52.1 Å². The van der Waals surface area contributed by atoms with Crippen LogP contribution in [0.25, 0.3) is 0 Å². The van der Waals surface area contributed by atoms with Crippen LogP contribution in [0.2, 0.25) is 0 Å². The molecule has 0 aromatic heterocycles. The molecule has 0 atom stereocenters. The largest absolute Gasteiger partial charge is 0.466 e. The van der Waals surface area contributed by atoms with Gasteiger partial charge in [0.15, 0.2) is 0 Å². The average molecular weight is 349 g/mol. The van der Waals surface area contributed by atoms with Gasteiger partial charge in [0, 0.05) is 0 Å². The van der Waals surface area contributed by atoms with Gasteiger partial charge in [0.05, 0.1) is 44.3 Å². The fourth-order valence-electron chi connectivity index (χ4n) is 2.42. The number of para-hydroxylation sites is 1. The van der Waals surface area contributed by atoms with Crippen LogP contribution in [0.15, 0.2) is 35.5 Å². The van der Waals surface area contributed by atoms with Crippen LogP contribution in [-0.2, 0) is 28.5 Å². The summed E-state index contributed by atoms with van der Waals surface area (Å²) in [4.78, 5) is 37.9. The molecule has 1 aliphatic rings. The Labute approximate surface area is 144 Å². The van der Waals surface area contributed by atoms with E-state index in [-0.39, 0.29) is 36.8 Å². The number of ether oxygens (including phenoxy) is 4. The maximum absolute atomic E-state index is 12.3. The summed E-state index contributed by atoms with van der Waals surface area (Å²) in [5, 5.41) is 0. The van der Waals surface area contributed by atoms with E-state index in [1.165, 1.54) is 19.1 Å². The first-order valence-electron chi connectivity index (χ1n) is 7.56. The lowest BCUT2D eigenvalue weighted by molar-refractivity contribution is -0.140. The van der Waals surface area contributed by atoms with Crippen LogP contribution in [0.1, 0.15) is 17.3 Å². The summed E-state index contributed by atoms with van der Waals surface area (Å²) in [6, 6.07) is 6.55. The Morgan fingerprint density at radius 1 is 1.08 bits per heavy atom. The molecular formula is C17H19NO7. The second-order valence-corrected chi connectivity index (χ2v) is 4.95. The lowest BCUT2D eigenvalue weighted by atomic mass is 10.1. The minimum atomic E-state index is -0.734. The molecule has 0 amide bonds. The molecule has 134 valence electrons. The van der Waals surface area contributed by atoms with Gasteiger partial charge in [-0.05, 0) is 19.1 Å². The van der Waals surface area contributed by atoms with E-state index in [0.29, 0.717) is 5.69 Å². The maximum atomic E-state index is 12.3. The molecule has 8 heteroatoms. The van der Waals surface area contributed by atoms with Crippen molar-refractivity contribution >= 4 is 23.6 Å². The van der Waals surface area contributed by atoms with E-state index in [4.69, 9.17) is 18.9 Å². The fraction of sp³-hybridized carbons (Fsp3) is 0.353. The van der Waals surface area contributed by atoms with Crippen molar-refractivity contribution < 1.29 is 33.3 Å². The lowest BCUT2D eigenvalue weighted by Crippen LogP contribution is -2.39. The summed E-state index contributed by atoms with van der Waals surface area (Å²) in [7, 11) is 2.41. The third kappa shape index (κ3) is 3.80. The van der Waals surface area contributed by atoms with Gasteiger partial charge in [0.1, 0.15) is 12.4 Å². The van der Waals surface area contributed by atoms with Crippen LogP contribution in [0.3, 0.4) is 0 Å².